The van der Waals surface area contributed by atoms with Crippen LogP contribution >= 0.6 is 0 Å². The Morgan fingerprint density at radius 3 is 2.35 bits per heavy atom. The molecule has 1 aliphatic carbocycles. The Kier molecular flexibility index (Phi) is 4.39. The molecule has 0 atom stereocenters. The number of rotatable bonds is 3. The molecule has 0 aromatic heterocycles. The van der Waals surface area contributed by atoms with Gasteiger partial charge in [0.25, 0.3) is 0 Å². The van der Waals surface area contributed by atoms with Gasteiger partial charge in [0, 0.05) is 6.54 Å². The maximum atomic E-state index is 12.9. The minimum atomic E-state index is -4.30. The molecule has 1 fully saturated rings. The van der Waals surface area contributed by atoms with Crippen LogP contribution in [0.4, 0.5) is 13.2 Å². The molecule has 0 aliphatic heterocycles. The van der Waals surface area contributed by atoms with E-state index in [4.69, 9.17) is 5.73 Å². The van der Waals surface area contributed by atoms with Gasteiger partial charge in [0.05, 0.1) is 11.2 Å². The van der Waals surface area contributed by atoms with Crippen LogP contribution in [0.15, 0.2) is 24.3 Å². The van der Waals surface area contributed by atoms with E-state index in [2.05, 4.69) is 0 Å². The third-order valence-corrected chi connectivity index (χ3v) is 4.25. The van der Waals surface area contributed by atoms with Crippen molar-refractivity contribution in [3.63, 3.8) is 0 Å². The first-order valence-electron chi connectivity index (χ1n) is 6.92. The quantitative estimate of drug-likeness (QED) is 0.897. The topological polar surface area (TPSA) is 46.2 Å². The number of nitrogens with two attached hydrogens (primary N) is 1. The largest absolute Gasteiger partial charge is 0.416 e. The molecule has 2 nitrogen and oxygen atoms in total. The molecule has 1 aromatic rings. The summed E-state index contributed by atoms with van der Waals surface area (Å²) in [6.45, 7) is 0.221. The van der Waals surface area contributed by atoms with Gasteiger partial charge < -0.3 is 10.8 Å². The van der Waals surface area contributed by atoms with Crippen LogP contribution in [-0.2, 0) is 12.6 Å². The molecule has 0 saturated heterocycles. The molecule has 1 aromatic carbocycles. The first kappa shape index (κ1) is 15.3. The minimum absolute atomic E-state index is 0.185. The van der Waals surface area contributed by atoms with Gasteiger partial charge in [0.2, 0.25) is 0 Å². The van der Waals surface area contributed by atoms with Gasteiger partial charge in [-0.3, -0.25) is 0 Å². The molecule has 3 N–H and O–H groups in total. The Morgan fingerprint density at radius 2 is 1.80 bits per heavy atom. The van der Waals surface area contributed by atoms with Gasteiger partial charge in [-0.2, -0.15) is 13.2 Å². The summed E-state index contributed by atoms with van der Waals surface area (Å²) in [6, 6.07) is 5.74. The van der Waals surface area contributed by atoms with E-state index >= 15 is 0 Å². The van der Waals surface area contributed by atoms with Crippen molar-refractivity contribution in [2.75, 3.05) is 6.54 Å². The molecule has 0 heterocycles. The predicted molar refractivity (Wildman–Crippen MR) is 71.1 cm³/mol. The summed E-state index contributed by atoms with van der Waals surface area (Å²) in [5.74, 6) is 0.185. The molecule has 0 radical (unpaired) electrons. The van der Waals surface area contributed by atoms with Crippen molar-refractivity contribution in [2.24, 2.45) is 11.7 Å². The molecular weight excluding hydrogens is 267 g/mol. The smallest absolute Gasteiger partial charge is 0.389 e. The van der Waals surface area contributed by atoms with Crippen molar-refractivity contribution < 1.29 is 18.3 Å². The number of aliphatic hydroxyl groups is 1. The van der Waals surface area contributed by atoms with Crippen molar-refractivity contribution >= 4 is 0 Å². The molecule has 1 saturated carbocycles. The number of hydrogen-bond donors (Lipinski definition) is 2. The third kappa shape index (κ3) is 3.52. The zero-order valence-electron chi connectivity index (χ0n) is 11.3. The second kappa shape index (κ2) is 5.74. The van der Waals surface area contributed by atoms with E-state index in [0.717, 1.165) is 18.9 Å². The molecule has 0 unspecified atom stereocenters. The highest BCUT2D eigenvalue weighted by Crippen LogP contribution is 2.37. The van der Waals surface area contributed by atoms with Gasteiger partial charge in [-0.05, 0) is 49.7 Å². The standard InChI is InChI=1S/C15H20F3NO/c16-15(17,18)13-4-2-1-3-12(13)9-11-5-7-14(20,10-19)8-6-11/h1-4,11,20H,5-10,19H2. The van der Waals surface area contributed by atoms with Gasteiger partial charge >= 0.3 is 6.18 Å². The molecule has 112 valence electrons. The van der Waals surface area contributed by atoms with Crippen LogP contribution in [0.1, 0.15) is 36.8 Å². The summed E-state index contributed by atoms with van der Waals surface area (Å²) < 4.78 is 38.8. The Labute approximate surface area is 116 Å². The second-order valence-electron chi connectivity index (χ2n) is 5.73. The zero-order valence-corrected chi connectivity index (χ0v) is 11.3. The SMILES string of the molecule is NCC1(O)CCC(Cc2ccccc2C(F)(F)F)CC1. The van der Waals surface area contributed by atoms with E-state index in [1.165, 1.54) is 6.07 Å². The lowest BCUT2D eigenvalue weighted by Gasteiger charge is -2.35. The van der Waals surface area contributed by atoms with E-state index in [-0.39, 0.29) is 12.5 Å². The Bertz CT molecular complexity index is 451. The van der Waals surface area contributed by atoms with Crippen LogP contribution in [0.25, 0.3) is 0 Å². The molecule has 20 heavy (non-hydrogen) atoms. The van der Waals surface area contributed by atoms with E-state index in [1.807, 2.05) is 0 Å². The fraction of sp³-hybridized carbons (Fsp3) is 0.600. The monoisotopic (exact) mass is 287 g/mol. The van der Waals surface area contributed by atoms with Crippen molar-refractivity contribution in [3.05, 3.63) is 35.4 Å². The third-order valence-electron chi connectivity index (χ3n) is 4.25. The summed E-state index contributed by atoms with van der Waals surface area (Å²) in [6.07, 6.45) is -1.30. The van der Waals surface area contributed by atoms with Crippen LogP contribution in [0, 0.1) is 5.92 Å². The summed E-state index contributed by atoms with van der Waals surface area (Å²) in [7, 11) is 0. The maximum absolute atomic E-state index is 12.9. The van der Waals surface area contributed by atoms with Gasteiger partial charge in [0.1, 0.15) is 0 Å². The van der Waals surface area contributed by atoms with Crippen LogP contribution < -0.4 is 5.73 Å². The molecular formula is C15H20F3NO. The van der Waals surface area contributed by atoms with Crippen LogP contribution in [0.3, 0.4) is 0 Å². The summed E-state index contributed by atoms with van der Waals surface area (Å²) in [5.41, 5.74) is 4.51. The first-order valence-corrected chi connectivity index (χ1v) is 6.92. The highest BCUT2D eigenvalue weighted by atomic mass is 19.4. The first-order chi connectivity index (χ1) is 9.34. The Morgan fingerprint density at radius 1 is 1.20 bits per heavy atom. The number of benzene rings is 1. The van der Waals surface area contributed by atoms with E-state index in [1.54, 1.807) is 12.1 Å². The van der Waals surface area contributed by atoms with Crippen LogP contribution in [0.2, 0.25) is 0 Å². The molecule has 0 bridgehead atoms. The van der Waals surface area contributed by atoms with Gasteiger partial charge in [-0.25, -0.2) is 0 Å². The molecule has 1 aliphatic rings. The number of alkyl halides is 3. The molecule has 0 spiro atoms. The van der Waals surface area contributed by atoms with Gasteiger partial charge in [-0.1, -0.05) is 18.2 Å². The fourth-order valence-electron chi connectivity index (χ4n) is 2.91. The maximum Gasteiger partial charge on any atom is 0.416 e. The lowest BCUT2D eigenvalue weighted by atomic mass is 9.76. The fourth-order valence-corrected chi connectivity index (χ4v) is 2.91. The number of hydrogen-bond acceptors (Lipinski definition) is 2. The Balaban J connectivity index is 2.05. The summed E-state index contributed by atoms with van der Waals surface area (Å²) >= 11 is 0. The molecule has 5 heteroatoms. The molecule has 2 rings (SSSR count). The highest BCUT2D eigenvalue weighted by Gasteiger charge is 2.35. The van der Waals surface area contributed by atoms with Crippen LogP contribution in [0.5, 0.6) is 0 Å². The van der Waals surface area contributed by atoms with Crippen molar-refractivity contribution in [1.29, 1.82) is 0 Å². The van der Waals surface area contributed by atoms with Crippen molar-refractivity contribution in [3.8, 4) is 0 Å². The second-order valence-corrected chi connectivity index (χ2v) is 5.73. The zero-order chi connectivity index (χ0) is 14.8. The Hall–Kier alpha value is -1.07. The lowest BCUT2D eigenvalue weighted by molar-refractivity contribution is -0.138. The van der Waals surface area contributed by atoms with E-state index in [9.17, 15) is 18.3 Å². The molecule has 0 amide bonds. The predicted octanol–water partition coefficient (Wildman–Crippen LogP) is 3.13. The minimum Gasteiger partial charge on any atom is -0.389 e. The van der Waals surface area contributed by atoms with E-state index in [0.29, 0.717) is 24.8 Å². The summed E-state index contributed by atoms with van der Waals surface area (Å²) in [5, 5.41) is 10.0. The van der Waals surface area contributed by atoms with E-state index < -0.39 is 17.3 Å². The van der Waals surface area contributed by atoms with Crippen LogP contribution in [-0.4, -0.2) is 17.3 Å². The highest BCUT2D eigenvalue weighted by molar-refractivity contribution is 5.30. The normalized spacial score (nSPS) is 27.6. The number of halogens is 3. The van der Waals surface area contributed by atoms with Crippen molar-refractivity contribution in [2.45, 2.75) is 43.9 Å². The van der Waals surface area contributed by atoms with Gasteiger partial charge in [0.15, 0.2) is 0 Å². The van der Waals surface area contributed by atoms with Crippen molar-refractivity contribution in [1.82, 2.24) is 0 Å². The average Bonchev–Trinajstić information content (AvgIpc) is 2.41. The van der Waals surface area contributed by atoms with Gasteiger partial charge in [-0.15, -0.1) is 0 Å². The average molecular weight is 287 g/mol. The summed E-state index contributed by atoms with van der Waals surface area (Å²) in [4.78, 5) is 0. The lowest BCUT2D eigenvalue weighted by Crippen LogP contribution is -2.41.